The minimum Gasteiger partial charge on any atom is -0.0810 e. The largest absolute Gasteiger partial charge is 0.0810 e. The summed E-state index contributed by atoms with van der Waals surface area (Å²) in [5.41, 5.74) is 5.90. The van der Waals surface area contributed by atoms with E-state index in [1.165, 1.54) is 42.4 Å². The van der Waals surface area contributed by atoms with Gasteiger partial charge in [0.15, 0.2) is 0 Å². The predicted molar refractivity (Wildman–Crippen MR) is 94.9 cm³/mol. The van der Waals surface area contributed by atoms with Gasteiger partial charge in [0.1, 0.15) is 0 Å². The van der Waals surface area contributed by atoms with Crippen molar-refractivity contribution < 1.29 is 0 Å². The maximum absolute atomic E-state index is 2.46. The van der Waals surface area contributed by atoms with Crippen LogP contribution in [0.15, 0.2) is 84.0 Å². The molecule has 0 heterocycles. The van der Waals surface area contributed by atoms with Gasteiger partial charge >= 0.3 is 0 Å². The molecule has 22 heavy (non-hydrogen) atoms. The third-order valence-electron chi connectivity index (χ3n) is 4.37. The van der Waals surface area contributed by atoms with Crippen molar-refractivity contribution in [3.63, 3.8) is 0 Å². The fourth-order valence-corrected chi connectivity index (χ4v) is 3.12. The second-order valence-electron chi connectivity index (χ2n) is 6.06. The second kappa shape index (κ2) is 7.79. The molecule has 0 atom stereocenters. The SMILES string of the molecule is C1=C(C(=CCc2ccccc2)Cc2ccccc2)CCCC1. The fourth-order valence-electron chi connectivity index (χ4n) is 3.12. The molecule has 3 rings (SSSR count). The molecule has 112 valence electrons. The monoisotopic (exact) mass is 288 g/mol. The standard InChI is InChI=1S/C22H24/c1-4-10-19(11-5-1)16-17-22(21-14-8-3-9-15-21)18-20-12-6-2-7-13-20/h1-2,4-7,10-14,17H,3,8-9,15-16,18H2. The topological polar surface area (TPSA) is 0 Å². The average molecular weight is 288 g/mol. The Bertz CT molecular complexity index is 632. The summed E-state index contributed by atoms with van der Waals surface area (Å²) in [4.78, 5) is 0. The van der Waals surface area contributed by atoms with Crippen molar-refractivity contribution in [2.45, 2.75) is 38.5 Å². The van der Waals surface area contributed by atoms with Crippen molar-refractivity contribution in [2.75, 3.05) is 0 Å². The van der Waals surface area contributed by atoms with Gasteiger partial charge in [0.05, 0.1) is 0 Å². The Balaban J connectivity index is 1.80. The maximum atomic E-state index is 2.46. The molecule has 0 aliphatic heterocycles. The highest BCUT2D eigenvalue weighted by atomic mass is 14.1. The lowest BCUT2D eigenvalue weighted by Gasteiger charge is -2.17. The van der Waals surface area contributed by atoms with Crippen LogP contribution in [0.2, 0.25) is 0 Å². The summed E-state index contributed by atoms with van der Waals surface area (Å²) < 4.78 is 0. The van der Waals surface area contributed by atoms with Gasteiger partial charge in [0.25, 0.3) is 0 Å². The van der Waals surface area contributed by atoms with Crippen molar-refractivity contribution in [3.05, 3.63) is 95.1 Å². The molecule has 0 heteroatoms. The van der Waals surface area contributed by atoms with Crippen LogP contribution in [0.1, 0.15) is 36.8 Å². The summed E-state index contributed by atoms with van der Waals surface area (Å²) in [6, 6.07) is 21.6. The van der Waals surface area contributed by atoms with Crippen LogP contribution in [-0.4, -0.2) is 0 Å². The molecule has 1 aliphatic rings. The summed E-state index contributed by atoms with van der Waals surface area (Å²) >= 11 is 0. The average Bonchev–Trinajstić information content (AvgIpc) is 2.61. The van der Waals surface area contributed by atoms with Crippen LogP contribution in [-0.2, 0) is 12.8 Å². The zero-order chi connectivity index (χ0) is 15.0. The van der Waals surface area contributed by atoms with Crippen LogP contribution in [0.25, 0.3) is 0 Å². The minimum absolute atomic E-state index is 1.03. The minimum atomic E-state index is 1.03. The highest BCUT2D eigenvalue weighted by molar-refractivity contribution is 5.38. The molecule has 0 aromatic heterocycles. The molecule has 0 bridgehead atoms. The summed E-state index contributed by atoms with van der Waals surface area (Å²) in [5, 5.41) is 0. The van der Waals surface area contributed by atoms with Crippen molar-refractivity contribution in [3.8, 4) is 0 Å². The van der Waals surface area contributed by atoms with Gasteiger partial charge in [0, 0.05) is 0 Å². The van der Waals surface area contributed by atoms with E-state index in [0.29, 0.717) is 0 Å². The molecule has 2 aromatic rings. The van der Waals surface area contributed by atoms with E-state index in [0.717, 1.165) is 12.8 Å². The number of hydrogen-bond acceptors (Lipinski definition) is 0. The molecular formula is C22H24. The molecule has 0 spiro atoms. The van der Waals surface area contributed by atoms with E-state index in [-0.39, 0.29) is 0 Å². The quantitative estimate of drug-likeness (QED) is 0.642. The Kier molecular flexibility index (Phi) is 5.26. The van der Waals surface area contributed by atoms with E-state index in [4.69, 9.17) is 0 Å². The van der Waals surface area contributed by atoms with E-state index in [2.05, 4.69) is 72.8 Å². The van der Waals surface area contributed by atoms with Crippen LogP contribution in [0.4, 0.5) is 0 Å². The fraction of sp³-hybridized carbons (Fsp3) is 0.273. The van der Waals surface area contributed by atoms with Crippen LogP contribution in [0, 0.1) is 0 Å². The van der Waals surface area contributed by atoms with E-state index < -0.39 is 0 Å². The normalized spacial score (nSPS) is 15.5. The summed E-state index contributed by atoms with van der Waals surface area (Å²) in [6.07, 6.45) is 12.2. The highest BCUT2D eigenvalue weighted by Gasteiger charge is 2.09. The molecule has 0 N–H and O–H groups in total. The number of hydrogen-bond donors (Lipinski definition) is 0. The molecule has 0 saturated carbocycles. The second-order valence-corrected chi connectivity index (χ2v) is 6.06. The lowest BCUT2D eigenvalue weighted by Crippen LogP contribution is -2.00. The number of rotatable bonds is 5. The van der Waals surface area contributed by atoms with Crippen LogP contribution in [0.5, 0.6) is 0 Å². The summed E-state index contributed by atoms with van der Waals surface area (Å²) in [6.45, 7) is 0. The van der Waals surface area contributed by atoms with Gasteiger partial charge in [-0.1, -0.05) is 72.8 Å². The van der Waals surface area contributed by atoms with Crippen LogP contribution < -0.4 is 0 Å². The van der Waals surface area contributed by atoms with Crippen LogP contribution in [0.3, 0.4) is 0 Å². The first-order valence-electron chi connectivity index (χ1n) is 8.38. The molecule has 0 radical (unpaired) electrons. The molecule has 0 unspecified atom stereocenters. The molecule has 2 aromatic carbocycles. The summed E-state index contributed by atoms with van der Waals surface area (Å²) in [7, 11) is 0. The van der Waals surface area contributed by atoms with E-state index in [1.54, 1.807) is 5.57 Å². The Morgan fingerprint density at radius 2 is 1.50 bits per heavy atom. The van der Waals surface area contributed by atoms with Gasteiger partial charge < -0.3 is 0 Å². The molecule has 0 saturated heterocycles. The van der Waals surface area contributed by atoms with Gasteiger partial charge in [-0.05, 0) is 60.8 Å². The van der Waals surface area contributed by atoms with Gasteiger partial charge in [-0.25, -0.2) is 0 Å². The first-order chi connectivity index (χ1) is 10.9. The predicted octanol–water partition coefficient (Wildman–Crippen LogP) is 5.90. The van der Waals surface area contributed by atoms with Crippen molar-refractivity contribution in [1.29, 1.82) is 0 Å². The van der Waals surface area contributed by atoms with E-state index >= 15 is 0 Å². The lowest BCUT2D eigenvalue weighted by molar-refractivity contribution is 0.702. The molecule has 0 fully saturated rings. The Morgan fingerprint density at radius 3 is 2.14 bits per heavy atom. The highest BCUT2D eigenvalue weighted by Crippen LogP contribution is 2.27. The number of allylic oxidation sites excluding steroid dienone is 4. The third kappa shape index (κ3) is 4.21. The zero-order valence-electron chi connectivity index (χ0n) is 13.2. The Hall–Kier alpha value is -2.08. The van der Waals surface area contributed by atoms with Crippen LogP contribution >= 0.6 is 0 Å². The van der Waals surface area contributed by atoms with Gasteiger partial charge in [-0.3, -0.25) is 0 Å². The lowest BCUT2D eigenvalue weighted by atomic mass is 9.89. The molecule has 1 aliphatic carbocycles. The first kappa shape index (κ1) is 14.8. The van der Waals surface area contributed by atoms with Crippen molar-refractivity contribution in [2.24, 2.45) is 0 Å². The van der Waals surface area contributed by atoms with E-state index in [1.807, 2.05) is 0 Å². The third-order valence-corrected chi connectivity index (χ3v) is 4.37. The van der Waals surface area contributed by atoms with Gasteiger partial charge in [-0.2, -0.15) is 0 Å². The summed E-state index contributed by atoms with van der Waals surface area (Å²) in [5.74, 6) is 0. The molecule has 0 amide bonds. The number of benzene rings is 2. The maximum Gasteiger partial charge on any atom is -0.00262 e. The first-order valence-corrected chi connectivity index (χ1v) is 8.38. The van der Waals surface area contributed by atoms with Gasteiger partial charge in [0.2, 0.25) is 0 Å². The molecule has 0 nitrogen and oxygen atoms in total. The van der Waals surface area contributed by atoms with Gasteiger partial charge in [-0.15, -0.1) is 0 Å². The molecular weight excluding hydrogens is 264 g/mol. The van der Waals surface area contributed by atoms with E-state index in [9.17, 15) is 0 Å². The Morgan fingerprint density at radius 1 is 0.818 bits per heavy atom. The zero-order valence-corrected chi connectivity index (χ0v) is 13.2. The Labute approximate surface area is 134 Å². The van der Waals surface area contributed by atoms with Crippen molar-refractivity contribution >= 4 is 0 Å². The van der Waals surface area contributed by atoms with Crippen molar-refractivity contribution in [1.82, 2.24) is 0 Å². The smallest absolute Gasteiger partial charge is 0.00262 e.